The highest BCUT2D eigenvalue weighted by molar-refractivity contribution is 7.99. The van der Waals surface area contributed by atoms with E-state index in [1.807, 2.05) is 55.5 Å². The van der Waals surface area contributed by atoms with Crippen molar-refractivity contribution in [1.29, 1.82) is 0 Å². The number of nitrogens with zero attached hydrogens (tertiary/aromatic N) is 2. The van der Waals surface area contributed by atoms with E-state index in [0.717, 1.165) is 11.3 Å². The zero-order valence-electron chi connectivity index (χ0n) is 15.0. The first kappa shape index (κ1) is 18.2. The van der Waals surface area contributed by atoms with Gasteiger partial charge in [0.15, 0.2) is 0 Å². The van der Waals surface area contributed by atoms with Gasteiger partial charge >= 0.3 is 0 Å². The van der Waals surface area contributed by atoms with E-state index in [2.05, 4.69) is 29.4 Å². The Morgan fingerprint density at radius 1 is 1.08 bits per heavy atom. The molecule has 1 amide bonds. The lowest BCUT2D eigenvalue weighted by molar-refractivity contribution is -0.113. The SMILES string of the molecule is Cc1ccc(-c2nnc(SCC(=O)Nc3ccc(C(C)C)cc3)o2)cc1. The molecule has 0 bridgehead atoms. The van der Waals surface area contributed by atoms with Crippen LogP contribution in [0.25, 0.3) is 11.5 Å². The molecule has 0 saturated carbocycles. The number of aryl methyl sites for hydroxylation is 1. The van der Waals surface area contributed by atoms with Crippen molar-refractivity contribution >= 4 is 23.4 Å². The van der Waals surface area contributed by atoms with E-state index in [-0.39, 0.29) is 11.7 Å². The molecule has 0 spiro atoms. The molecule has 0 aliphatic rings. The van der Waals surface area contributed by atoms with Gasteiger partial charge in [0.2, 0.25) is 11.8 Å². The summed E-state index contributed by atoms with van der Waals surface area (Å²) in [6.45, 7) is 6.30. The quantitative estimate of drug-likeness (QED) is 0.628. The maximum absolute atomic E-state index is 12.1. The van der Waals surface area contributed by atoms with Gasteiger partial charge in [-0.1, -0.05) is 55.4 Å². The summed E-state index contributed by atoms with van der Waals surface area (Å²) in [7, 11) is 0. The van der Waals surface area contributed by atoms with E-state index in [0.29, 0.717) is 17.0 Å². The normalized spacial score (nSPS) is 10.9. The van der Waals surface area contributed by atoms with E-state index in [1.54, 1.807) is 0 Å². The minimum Gasteiger partial charge on any atom is -0.411 e. The lowest BCUT2D eigenvalue weighted by atomic mass is 10.0. The van der Waals surface area contributed by atoms with Gasteiger partial charge in [0.05, 0.1) is 5.75 Å². The van der Waals surface area contributed by atoms with Crippen LogP contribution in [0, 0.1) is 6.92 Å². The number of aromatic nitrogens is 2. The van der Waals surface area contributed by atoms with Crippen LogP contribution in [0.4, 0.5) is 5.69 Å². The molecule has 0 aliphatic heterocycles. The van der Waals surface area contributed by atoms with E-state index in [9.17, 15) is 4.79 Å². The average Bonchev–Trinajstić information content (AvgIpc) is 3.10. The number of hydrogen-bond acceptors (Lipinski definition) is 5. The summed E-state index contributed by atoms with van der Waals surface area (Å²) >= 11 is 1.22. The van der Waals surface area contributed by atoms with Crippen LogP contribution >= 0.6 is 11.8 Å². The van der Waals surface area contributed by atoms with Crippen LogP contribution < -0.4 is 5.32 Å². The second kappa shape index (κ2) is 8.19. The molecule has 3 aromatic rings. The third-order valence-electron chi connectivity index (χ3n) is 3.89. The molecule has 26 heavy (non-hydrogen) atoms. The van der Waals surface area contributed by atoms with E-state index >= 15 is 0 Å². The number of benzene rings is 2. The molecule has 6 heteroatoms. The van der Waals surface area contributed by atoms with E-state index < -0.39 is 0 Å². The minimum atomic E-state index is -0.109. The first-order valence-corrected chi connectivity index (χ1v) is 9.43. The van der Waals surface area contributed by atoms with Gasteiger partial charge in [0.1, 0.15) is 0 Å². The van der Waals surface area contributed by atoms with Gasteiger partial charge in [-0.25, -0.2) is 0 Å². The summed E-state index contributed by atoms with van der Waals surface area (Å²) in [5.74, 6) is 1.02. The number of carbonyl (C=O) groups is 1. The van der Waals surface area contributed by atoms with Gasteiger partial charge < -0.3 is 9.73 Å². The van der Waals surface area contributed by atoms with Crippen molar-refractivity contribution in [2.75, 3.05) is 11.1 Å². The summed E-state index contributed by atoms with van der Waals surface area (Å²) in [4.78, 5) is 12.1. The molecule has 3 rings (SSSR count). The van der Waals surface area contributed by atoms with Gasteiger partial charge in [-0.05, 0) is 42.7 Å². The van der Waals surface area contributed by atoms with Crippen LogP contribution in [0.1, 0.15) is 30.9 Å². The highest BCUT2D eigenvalue weighted by Gasteiger charge is 2.11. The average molecular weight is 367 g/mol. The van der Waals surface area contributed by atoms with Gasteiger partial charge in [-0.3, -0.25) is 4.79 Å². The van der Waals surface area contributed by atoms with Gasteiger partial charge in [-0.2, -0.15) is 0 Å². The van der Waals surface area contributed by atoms with E-state index in [4.69, 9.17) is 4.42 Å². The molecule has 134 valence electrons. The molecule has 0 unspecified atom stereocenters. The Balaban J connectivity index is 1.54. The van der Waals surface area contributed by atoms with Crippen molar-refractivity contribution in [3.05, 3.63) is 59.7 Å². The molecule has 0 aliphatic carbocycles. The molecule has 0 radical (unpaired) electrons. The Morgan fingerprint density at radius 3 is 2.42 bits per heavy atom. The zero-order chi connectivity index (χ0) is 18.5. The van der Waals surface area contributed by atoms with Crippen LogP contribution in [0.5, 0.6) is 0 Å². The van der Waals surface area contributed by atoms with Crippen molar-refractivity contribution < 1.29 is 9.21 Å². The van der Waals surface area contributed by atoms with Gasteiger partial charge in [-0.15, -0.1) is 10.2 Å². The molecule has 1 aromatic heterocycles. The summed E-state index contributed by atoms with van der Waals surface area (Å²) in [5, 5.41) is 11.3. The molecular weight excluding hydrogens is 346 g/mol. The maximum Gasteiger partial charge on any atom is 0.277 e. The number of rotatable bonds is 6. The number of carbonyl (C=O) groups excluding carboxylic acids is 1. The Kier molecular flexibility index (Phi) is 5.73. The van der Waals surface area contributed by atoms with Gasteiger partial charge in [0, 0.05) is 11.3 Å². The van der Waals surface area contributed by atoms with Crippen molar-refractivity contribution in [3.63, 3.8) is 0 Å². The Bertz CT molecular complexity index is 871. The smallest absolute Gasteiger partial charge is 0.277 e. The minimum absolute atomic E-state index is 0.109. The second-order valence-corrected chi connectivity index (χ2v) is 7.28. The fourth-order valence-corrected chi connectivity index (χ4v) is 2.92. The Hall–Kier alpha value is -2.60. The maximum atomic E-state index is 12.1. The van der Waals surface area contributed by atoms with Crippen LogP contribution in [0.3, 0.4) is 0 Å². The number of nitrogens with one attached hydrogen (secondary N) is 1. The first-order valence-electron chi connectivity index (χ1n) is 8.44. The second-order valence-electron chi connectivity index (χ2n) is 6.35. The number of hydrogen-bond donors (Lipinski definition) is 1. The molecule has 0 saturated heterocycles. The van der Waals surface area contributed by atoms with Crippen LogP contribution in [-0.4, -0.2) is 21.9 Å². The Labute approximate surface area is 157 Å². The van der Waals surface area contributed by atoms with E-state index in [1.165, 1.54) is 22.9 Å². The molecule has 1 heterocycles. The highest BCUT2D eigenvalue weighted by Crippen LogP contribution is 2.23. The zero-order valence-corrected chi connectivity index (χ0v) is 15.8. The molecule has 0 atom stereocenters. The highest BCUT2D eigenvalue weighted by atomic mass is 32.2. The monoisotopic (exact) mass is 367 g/mol. The predicted molar refractivity (Wildman–Crippen MR) is 104 cm³/mol. The third-order valence-corrected chi connectivity index (χ3v) is 4.71. The van der Waals surface area contributed by atoms with Crippen LogP contribution in [0.15, 0.2) is 58.2 Å². The first-order chi connectivity index (χ1) is 12.5. The lowest BCUT2D eigenvalue weighted by Crippen LogP contribution is -2.14. The summed E-state index contributed by atoms with van der Waals surface area (Å²) in [6.07, 6.45) is 0. The number of amides is 1. The van der Waals surface area contributed by atoms with Crippen molar-refractivity contribution in [2.24, 2.45) is 0 Å². The van der Waals surface area contributed by atoms with Crippen molar-refractivity contribution in [1.82, 2.24) is 10.2 Å². The summed E-state index contributed by atoms with van der Waals surface area (Å²) in [5.41, 5.74) is 4.06. The van der Waals surface area contributed by atoms with Crippen LogP contribution in [-0.2, 0) is 4.79 Å². The largest absolute Gasteiger partial charge is 0.411 e. The van der Waals surface area contributed by atoms with Crippen molar-refractivity contribution in [2.45, 2.75) is 31.9 Å². The predicted octanol–water partition coefficient (Wildman–Crippen LogP) is 4.90. The molecule has 0 fully saturated rings. The topological polar surface area (TPSA) is 68.0 Å². The summed E-state index contributed by atoms with van der Waals surface area (Å²) < 4.78 is 5.61. The number of anilines is 1. The fourth-order valence-electron chi connectivity index (χ4n) is 2.36. The molecule has 5 nitrogen and oxygen atoms in total. The lowest BCUT2D eigenvalue weighted by Gasteiger charge is -2.07. The van der Waals surface area contributed by atoms with Crippen molar-refractivity contribution in [3.8, 4) is 11.5 Å². The van der Waals surface area contributed by atoms with Gasteiger partial charge in [0.25, 0.3) is 5.22 Å². The molecule has 2 aromatic carbocycles. The van der Waals surface area contributed by atoms with Crippen LogP contribution in [0.2, 0.25) is 0 Å². The molecule has 1 N–H and O–H groups in total. The molecular formula is C20H21N3O2S. The summed E-state index contributed by atoms with van der Waals surface area (Å²) in [6, 6.07) is 15.7. The fraction of sp³-hybridized carbons (Fsp3) is 0.250. The number of thioether (sulfide) groups is 1. The third kappa shape index (κ3) is 4.73. The Morgan fingerprint density at radius 2 is 1.77 bits per heavy atom. The standard InChI is InChI=1S/C20H21N3O2S/c1-13(2)15-8-10-17(11-9-15)21-18(24)12-26-20-23-22-19(25-20)16-6-4-14(3)5-7-16/h4-11,13H,12H2,1-3H3,(H,21,24).